The Morgan fingerprint density at radius 2 is 1.90 bits per heavy atom. The fourth-order valence-electron chi connectivity index (χ4n) is 2.16. The monoisotopic (exact) mass is 270 g/mol. The van der Waals surface area contributed by atoms with Crippen molar-refractivity contribution in [3.8, 4) is 0 Å². The Hall–Kier alpha value is -2.10. The van der Waals surface area contributed by atoms with Gasteiger partial charge in [-0.05, 0) is 31.4 Å². The van der Waals surface area contributed by atoms with Crippen LogP contribution in [0.25, 0.3) is 0 Å². The van der Waals surface area contributed by atoms with Gasteiger partial charge in [-0.25, -0.2) is 9.97 Å². The molecule has 1 aromatic heterocycles. The van der Waals surface area contributed by atoms with Gasteiger partial charge in [-0.1, -0.05) is 31.2 Å². The number of benzene rings is 1. The molecule has 0 spiro atoms. The van der Waals surface area contributed by atoms with E-state index in [2.05, 4.69) is 65.6 Å². The molecule has 2 N–H and O–H groups in total. The van der Waals surface area contributed by atoms with Gasteiger partial charge in [0, 0.05) is 12.6 Å². The molecule has 1 unspecified atom stereocenters. The molecule has 4 heteroatoms. The molecule has 1 aromatic carbocycles. The molecule has 4 nitrogen and oxygen atoms in total. The Kier molecular flexibility index (Phi) is 4.93. The smallest absolute Gasteiger partial charge is 0.131 e. The second-order valence-electron chi connectivity index (χ2n) is 4.94. The number of nitrogens with one attached hydrogen (secondary N) is 2. The minimum atomic E-state index is 0.213. The Balaban J connectivity index is 2.08. The van der Waals surface area contributed by atoms with Crippen LogP contribution < -0.4 is 10.6 Å². The van der Waals surface area contributed by atoms with E-state index in [1.807, 2.05) is 6.07 Å². The van der Waals surface area contributed by atoms with Gasteiger partial charge in [-0.3, -0.25) is 0 Å². The summed E-state index contributed by atoms with van der Waals surface area (Å²) in [4.78, 5) is 8.49. The van der Waals surface area contributed by atoms with Crippen LogP contribution in [0.2, 0.25) is 0 Å². The first kappa shape index (κ1) is 14.3. The lowest BCUT2D eigenvalue weighted by Crippen LogP contribution is -2.10. The van der Waals surface area contributed by atoms with Crippen molar-refractivity contribution >= 4 is 11.6 Å². The Bertz CT molecular complexity index is 554. The molecule has 0 aliphatic rings. The maximum absolute atomic E-state index is 4.28. The summed E-state index contributed by atoms with van der Waals surface area (Å²) in [5, 5.41) is 6.69. The molecular weight excluding hydrogens is 248 g/mol. The van der Waals surface area contributed by atoms with E-state index >= 15 is 0 Å². The SMILES string of the molecule is CCCNc1cc(NC(C)c2ccccc2C)ncn1. The van der Waals surface area contributed by atoms with Crippen molar-refractivity contribution in [3.05, 3.63) is 47.8 Å². The summed E-state index contributed by atoms with van der Waals surface area (Å²) < 4.78 is 0. The lowest BCUT2D eigenvalue weighted by Gasteiger charge is -2.17. The minimum Gasteiger partial charge on any atom is -0.370 e. The van der Waals surface area contributed by atoms with E-state index in [0.717, 1.165) is 24.6 Å². The lowest BCUT2D eigenvalue weighted by molar-refractivity contribution is 0.862. The van der Waals surface area contributed by atoms with Crippen LogP contribution in [0.5, 0.6) is 0 Å². The molecule has 0 fully saturated rings. The maximum Gasteiger partial charge on any atom is 0.131 e. The molecular formula is C16H22N4. The highest BCUT2D eigenvalue weighted by Gasteiger charge is 2.08. The van der Waals surface area contributed by atoms with Gasteiger partial charge in [0.25, 0.3) is 0 Å². The van der Waals surface area contributed by atoms with Crippen LogP contribution in [0.1, 0.15) is 37.4 Å². The molecule has 0 aliphatic carbocycles. The third-order valence-electron chi connectivity index (χ3n) is 3.24. The molecule has 0 saturated heterocycles. The zero-order valence-corrected chi connectivity index (χ0v) is 12.4. The molecule has 0 saturated carbocycles. The maximum atomic E-state index is 4.28. The molecule has 0 radical (unpaired) electrons. The molecule has 20 heavy (non-hydrogen) atoms. The summed E-state index contributed by atoms with van der Waals surface area (Å²) in [6.07, 6.45) is 2.66. The summed E-state index contributed by atoms with van der Waals surface area (Å²) in [6.45, 7) is 7.32. The van der Waals surface area contributed by atoms with Crippen molar-refractivity contribution in [2.75, 3.05) is 17.2 Å². The van der Waals surface area contributed by atoms with Gasteiger partial charge in [0.2, 0.25) is 0 Å². The van der Waals surface area contributed by atoms with Crippen LogP contribution in [-0.4, -0.2) is 16.5 Å². The van der Waals surface area contributed by atoms with E-state index in [0.29, 0.717) is 0 Å². The fraction of sp³-hybridized carbons (Fsp3) is 0.375. The van der Waals surface area contributed by atoms with Crippen molar-refractivity contribution in [2.45, 2.75) is 33.2 Å². The quantitative estimate of drug-likeness (QED) is 0.838. The summed E-state index contributed by atoms with van der Waals surface area (Å²) in [6, 6.07) is 10.6. The predicted molar refractivity (Wildman–Crippen MR) is 84.0 cm³/mol. The topological polar surface area (TPSA) is 49.8 Å². The van der Waals surface area contributed by atoms with E-state index in [9.17, 15) is 0 Å². The van der Waals surface area contributed by atoms with Gasteiger partial charge in [-0.2, -0.15) is 0 Å². The molecule has 0 aliphatic heterocycles. The van der Waals surface area contributed by atoms with E-state index in [-0.39, 0.29) is 6.04 Å². The first-order chi connectivity index (χ1) is 9.70. The summed E-state index contributed by atoms with van der Waals surface area (Å²) in [5.41, 5.74) is 2.57. The van der Waals surface area contributed by atoms with Crippen molar-refractivity contribution < 1.29 is 0 Å². The fourth-order valence-corrected chi connectivity index (χ4v) is 2.16. The average molecular weight is 270 g/mol. The average Bonchev–Trinajstić information content (AvgIpc) is 2.46. The van der Waals surface area contributed by atoms with Crippen LogP contribution in [0.15, 0.2) is 36.7 Å². The van der Waals surface area contributed by atoms with Gasteiger partial charge in [0.1, 0.15) is 18.0 Å². The van der Waals surface area contributed by atoms with E-state index in [1.165, 1.54) is 11.1 Å². The molecule has 106 valence electrons. The number of hydrogen-bond acceptors (Lipinski definition) is 4. The van der Waals surface area contributed by atoms with Gasteiger partial charge >= 0.3 is 0 Å². The number of nitrogens with zero attached hydrogens (tertiary/aromatic N) is 2. The highest BCUT2D eigenvalue weighted by atomic mass is 15.1. The largest absolute Gasteiger partial charge is 0.370 e. The first-order valence-electron chi connectivity index (χ1n) is 7.08. The van der Waals surface area contributed by atoms with Gasteiger partial charge in [0.05, 0.1) is 6.04 Å². The third-order valence-corrected chi connectivity index (χ3v) is 3.24. The van der Waals surface area contributed by atoms with E-state index < -0.39 is 0 Å². The normalized spacial score (nSPS) is 11.9. The van der Waals surface area contributed by atoms with Crippen LogP contribution in [0.4, 0.5) is 11.6 Å². The minimum absolute atomic E-state index is 0.213. The van der Waals surface area contributed by atoms with Gasteiger partial charge < -0.3 is 10.6 Å². The second-order valence-corrected chi connectivity index (χ2v) is 4.94. The summed E-state index contributed by atoms with van der Waals surface area (Å²) in [7, 11) is 0. The van der Waals surface area contributed by atoms with E-state index in [1.54, 1.807) is 6.33 Å². The highest BCUT2D eigenvalue weighted by Crippen LogP contribution is 2.21. The van der Waals surface area contributed by atoms with Crippen LogP contribution in [0, 0.1) is 6.92 Å². The van der Waals surface area contributed by atoms with Crippen molar-refractivity contribution in [1.29, 1.82) is 0 Å². The second kappa shape index (κ2) is 6.89. The number of rotatable bonds is 6. The number of aryl methyl sites for hydroxylation is 1. The first-order valence-corrected chi connectivity index (χ1v) is 7.08. The predicted octanol–water partition coefficient (Wildman–Crippen LogP) is 3.78. The van der Waals surface area contributed by atoms with Crippen LogP contribution in [0.3, 0.4) is 0 Å². The Morgan fingerprint density at radius 1 is 1.15 bits per heavy atom. The zero-order valence-electron chi connectivity index (χ0n) is 12.4. The lowest BCUT2D eigenvalue weighted by atomic mass is 10.0. The van der Waals surface area contributed by atoms with E-state index in [4.69, 9.17) is 0 Å². The molecule has 1 atom stereocenters. The Labute approximate surface area is 120 Å². The third kappa shape index (κ3) is 3.70. The molecule has 0 bridgehead atoms. The highest BCUT2D eigenvalue weighted by molar-refractivity contribution is 5.48. The molecule has 1 heterocycles. The molecule has 2 aromatic rings. The van der Waals surface area contributed by atoms with Gasteiger partial charge in [-0.15, -0.1) is 0 Å². The molecule has 0 amide bonds. The molecule has 2 rings (SSSR count). The Morgan fingerprint density at radius 3 is 2.65 bits per heavy atom. The number of anilines is 2. The zero-order chi connectivity index (χ0) is 14.4. The summed E-state index contributed by atoms with van der Waals surface area (Å²) in [5.74, 6) is 1.70. The van der Waals surface area contributed by atoms with Crippen molar-refractivity contribution in [2.24, 2.45) is 0 Å². The van der Waals surface area contributed by atoms with Gasteiger partial charge in [0.15, 0.2) is 0 Å². The number of hydrogen-bond donors (Lipinski definition) is 2. The standard InChI is InChI=1S/C16H22N4/c1-4-9-17-15-10-16(19-11-18-15)20-13(3)14-8-6-5-7-12(14)2/h5-8,10-11,13H,4,9H2,1-3H3,(H2,17,18,19,20). The van der Waals surface area contributed by atoms with Crippen LogP contribution in [-0.2, 0) is 0 Å². The van der Waals surface area contributed by atoms with Crippen LogP contribution >= 0.6 is 0 Å². The summed E-state index contributed by atoms with van der Waals surface area (Å²) >= 11 is 0. The van der Waals surface area contributed by atoms with Crippen molar-refractivity contribution in [1.82, 2.24) is 9.97 Å². The number of aromatic nitrogens is 2. The van der Waals surface area contributed by atoms with Crippen molar-refractivity contribution in [3.63, 3.8) is 0 Å².